The molecule has 0 bridgehead atoms. The summed E-state index contributed by atoms with van der Waals surface area (Å²) in [4.78, 5) is 12.5. The van der Waals surface area contributed by atoms with E-state index in [4.69, 9.17) is 4.74 Å². The van der Waals surface area contributed by atoms with Crippen molar-refractivity contribution in [1.82, 2.24) is 4.57 Å². The maximum absolute atomic E-state index is 12.5. The smallest absolute Gasteiger partial charge is 0.329 e. The summed E-state index contributed by atoms with van der Waals surface area (Å²) in [6.45, 7) is 4.39. The molecule has 3 rings (SSSR count). The molecule has 1 atom stereocenters. The number of hydrogen-bond acceptors (Lipinski definition) is 2. The molecule has 0 amide bonds. The minimum Gasteiger partial charge on any atom is -0.459 e. The first-order chi connectivity index (χ1) is 11.2. The van der Waals surface area contributed by atoms with Gasteiger partial charge in [-0.05, 0) is 42.5 Å². The van der Waals surface area contributed by atoms with Gasteiger partial charge in [0, 0.05) is 11.7 Å². The van der Waals surface area contributed by atoms with Gasteiger partial charge in [-0.25, -0.2) is 4.79 Å². The Balaban J connectivity index is 1.79. The lowest BCUT2D eigenvalue weighted by Crippen LogP contribution is -2.20. The van der Waals surface area contributed by atoms with Crippen molar-refractivity contribution in [3.63, 3.8) is 0 Å². The van der Waals surface area contributed by atoms with Crippen molar-refractivity contribution in [1.29, 1.82) is 0 Å². The summed E-state index contributed by atoms with van der Waals surface area (Å²) >= 11 is 0. The number of nitrogens with zero attached hydrogens (tertiary/aromatic N) is 1. The number of fused-ring (bicyclic) bond motifs is 1. The first kappa shape index (κ1) is 15.3. The quantitative estimate of drug-likeness (QED) is 0.643. The summed E-state index contributed by atoms with van der Waals surface area (Å²) in [6, 6.07) is 17.8. The van der Waals surface area contributed by atoms with Gasteiger partial charge in [0.15, 0.2) is 0 Å². The van der Waals surface area contributed by atoms with E-state index in [1.807, 2.05) is 48.0 Å². The highest BCUT2D eigenvalue weighted by Gasteiger charge is 2.21. The maximum Gasteiger partial charge on any atom is 0.329 e. The van der Waals surface area contributed by atoms with Crippen LogP contribution in [0.3, 0.4) is 0 Å². The van der Waals surface area contributed by atoms with Crippen LogP contribution in [-0.4, -0.2) is 10.5 Å². The van der Waals surface area contributed by atoms with Crippen molar-refractivity contribution in [3.05, 3.63) is 71.9 Å². The molecule has 3 aromatic rings. The van der Waals surface area contributed by atoms with Crippen LogP contribution in [0.25, 0.3) is 10.9 Å². The van der Waals surface area contributed by atoms with Crippen LogP contribution in [0.15, 0.2) is 60.8 Å². The molecule has 1 aromatic heterocycles. The molecule has 0 spiro atoms. The average molecular weight is 307 g/mol. The first-order valence-electron chi connectivity index (χ1n) is 7.97. The second-order valence-electron chi connectivity index (χ2n) is 5.80. The van der Waals surface area contributed by atoms with E-state index in [1.54, 1.807) is 0 Å². The van der Waals surface area contributed by atoms with Gasteiger partial charge in [-0.15, -0.1) is 0 Å². The number of carbonyl (C=O) groups excluding carboxylic acids is 1. The van der Waals surface area contributed by atoms with E-state index in [9.17, 15) is 4.79 Å². The molecule has 118 valence electrons. The zero-order chi connectivity index (χ0) is 16.2. The third-order valence-electron chi connectivity index (χ3n) is 4.09. The highest BCUT2D eigenvalue weighted by Crippen LogP contribution is 2.24. The fourth-order valence-corrected chi connectivity index (χ4v) is 2.86. The molecule has 0 saturated carbocycles. The zero-order valence-electron chi connectivity index (χ0n) is 13.5. The van der Waals surface area contributed by atoms with Crippen molar-refractivity contribution in [2.75, 3.05) is 0 Å². The second kappa shape index (κ2) is 6.69. The number of aromatic nitrogens is 1. The van der Waals surface area contributed by atoms with Crippen molar-refractivity contribution < 1.29 is 9.53 Å². The van der Waals surface area contributed by atoms with Gasteiger partial charge in [-0.2, -0.15) is 0 Å². The van der Waals surface area contributed by atoms with Crippen LogP contribution >= 0.6 is 0 Å². The molecule has 1 unspecified atom stereocenters. The van der Waals surface area contributed by atoms with Gasteiger partial charge in [-0.1, -0.05) is 48.9 Å². The standard InChI is InChI=1S/C20H21NO2/c1-3-18(20(22)23-14-16-7-5-4-6-8-16)21-12-11-17-13-15(2)9-10-19(17)21/h4-13,18H,3,14H2,1-2H3. The van der Waals surface area contributed by atoms with Crippen LogP contribution in [-0.2, 0) is 16.1 Å². The van der Waals surface area contributed by atoms with Gasteiger partial charge in [-0.3, -0.25) is 0 Å². The van der Waals surface area contributed by atoms with Gasteiger partial charge in [0.05, 0.1) is 0 Å². The minimum absolute atomic E-state index is 0.186. The Kier molecular flexibility index (Phi) is 4.47. The lowest BCUT2D eigenvalue weighted by atomic mass is 10.1. The van der Waals surface area contributed by atoms with Crippen molar-refractivity contribution in [3.8, 4) is 0 Å². The molecule has 0 N–H and O–H groups in total. The van der Waals surface area contributed by atoms with E-state index in [0.717, 1.165) is 16.5 Å². The fraction of sp³-hybridized carbons (Fsp3) is 0.250. The Morgan fingerprint density at radius 2 is 1.91 bits per heavy atom. The topological polar surface area (TPSA) is 31.2 Å². The average Bonchev–Trinajstić information content (AvgIpc) is 2.97. The number of carbonyl (C=O) groups is 1. The second-order valence-corrected chi connectivity index (χ2v) is 5.80. The van der Waals surface area contributed by atoms with E-state index in [2.05, 4.69) is 31.2 Å². The van der Waals surface area contributed by atoms with Crippen LogP contribution in [0.4, 0.5) is 0 Å². The van der Waals surface area contributed by atoms with Gasteiger partial charge in [0.1, 0.15) is 12.6 Å². The third-order valence-corrected chi connectivity index (χ3v) is 4.09. The molecule has 2 aromatic carbocycles. The number of esters is 1. The lowest BCUT2D eigenvalue weighted by molar-refractivity contribution is -0.149. The zero-order valence-corrected chi connectivity index (χ0v) is 13.5. The van der Waals surface area contributed by atoms with Crippen LogP contribution in [0.1, 0.15) is 30.5 Å². The SMILES string of the molecule is CCC(C(=O)OCc1ccccc1)n1ccc2cc(C)ccc21. The number of rotatable bonds is 5. The van der Waals surface area contributed by atoms with E-state index in [1.165, 1.54) is 5.56 Å². The lowest BCUT2D eigenvalue weighted by Gasteiger charge is -2.17. The van der Waals surface area contributed by atoms with Crippen LogP contribution < -0.4 is 0 Å². The van der Waals surface area contributed by atoms with E-state index in [-0.39, 0.29) is 12.0 Å². The predicted molar refractivity (Wildman–Crippen MR) is 92.2 cm³/mol. The molecule has 0 aliphatic carbocycles. The monoisotopic (exact) mass is 307 g/mol. The first-order valence-corrected chi connectivity index (χ1v) is 7.97. The molecule has 0 radical (unpaired) electrons. The predicted octanol–water partition coefficient (Wildman–Crippen LogP) is 4.64. The van der Waals surface area contributed by atoms with E-state index < -0.39 is 0 Å². The summed E-state index contributed by atoms with van der Waals surface area (Å²) in [5.41, 5.74) is 3.29. The summed E-state index contributed by atoms with van der Waals surface area (Å²) in [7, 11) is 0. The molecular formula is C20H21NO2. The Hall–Kier alpha value is -2.55. The van der Waals surface area contributed by atoms with Gasteiger partial charge in [0.25, 0.3) is 0 Å². The van der Waals surface area contributed by atoms with Crippen molar-refractivity contribution in [2.24, 2.45) is 0 Å². The molecular weight excluding hydrogens is 286 g/mol. The Morgan fingerprint density at radius 1 is 1.13 bits per heavy atom. The van der Waals surface area contributed by atoms with Crippen LogP contribution in [0.2, 0.25) is 0 Å². The number of ether oxygens (including phenoxy) is 1. The molecule has 1 heterocycles. The molecule has 0 aliphatic heterocycles. The fourth-order valence-electron chi connectivity index (χ4n) is 2.86. The third kappa shape index (κ3) is 3.29. The summed E-state index contributed by atoms with van der Waals surface area (Å²) < 4.78 is 7.53. The van der Waals surface area contributed by atoms with Gasteiger partial charge < -0.3 is 9.30 Å². The van der Waals surface area contributed by atoms with Gasteiger partial charge >= 0.3 is 5.97 Å². The highest BCUT2D eigenvalue weighted by atomic mass is 16.5. The largest absolute Gasteiger partial charge is 0.459 e. The Bertz CT molecular complexity index is 805. The van der Waals surface area contributed by atoms with Crippen LogP contribution in [0, 0.1) is 6.92 Å². The Labute approximate surface area is 136 Å². The minimum atomic E-state index is -0.293. The molecule has 3 nitrogen and oxygen atoms in total. The molecule has 0 aliphatic rings. The number of benzene rings is 2. The van der Waals surface area contributed by atoms with Crippen molar-refractivity contribution >= 4 is 16.9 Å². The molecule has 0 saturated heterocycles. The summed E-state index contributed by atoms with van der Waals surface area (Å²) in [6.07, 6.45) is 2.67. The Morgan fingerprint density at radius 3 is 2.65 bits per heavy atom. The normalized spacial score (nSPS) is 12.3. The summed E-state index contributed by atoms with van der Waals surface area (Å²) in [5.74, 6) is -0.186. The number of hydrogen-bond donors (Lipinski definition) is 0. The molecule has 0 fully saturated rings. The maximum atomic E-state index is 12.5. The molecule has 3 heteroatoms. The summed E-state index contributed by atoms with van der Waals surface area (Å²) in [5, 5.41) is 1.15. The number of aryl methyl sites for hydroxylation is 1. The van der Waals surface area contributed by atoms with Crippen LogP contribution in [0.5, 0.6) is 0 Å². The highest BCUT2D eigenvalue weighted by molar-refractivity contribution is 5.84. The van der Waals surface area contributed by atoms with E-state index >= 15 is 0 Å². The van der Waals surface area contributed by atoms with E-state index in [0.29, 0.717) is 13.0 Å². The van der Waals surface area contributed by atoms with Gasteiger partial charge in [0.2, 0.25) is 0 Å². The molecule has 23 heavy (non-hydrogen) atoms. The van der Waals surface area contributed by atoms with Crippen molar-refractivity contribution in [2.45, 2.75) is 32.9 Å².